The van der Waals surface area contributed by atoms with Crippen molar-refractivity contribution in [2.45, 2.75) is 36.9 Å². The summed E-state index contributed by atoms with van der Waals surface area (Å²) in [6.45, 7) is 6.95. The minimum atomic E-state index is -1.19. The van der Waals surface area contributed by atoms with E-state index in [0.29, 0.717) is 6.61 Å². The lowest BCUT2D eigenvalue weighted by molar-refractivity contribution is -0.146. The van der Waals surface area contributed by atoms with E-state index in [1.54, 1.807) is 0 Å². The fraction of sp³-hybridized carbons (Fsp3) is 0.778. The van der Waals surface area contributed by atoms with Gasteiger partial charge in [-0.15, -0.1) is 0 Å². The maximum absolute atomic E-state index is 11.1. The second kappa shape index (κ2) is 6.27. The van der Waals surface area contributed by atoms with Gasteiger partial charge in [-0.2, -0.15) is 0 Å². The lowest BCUT2D eigenvalue weighted by Gasteiger charge is -2.15. The molecule has 0 fully saturated rings. The molecule has 88 valence electrons. The molecule has 0 aliphatic rings. The topological polar surface area (TPSA) is 63.6 Å². The Morgan fingerprint density at radius 3 is 2.33 bits per heavy atom. The summed E-state index contributed by atoms with van der Waals surface area (Å²) < 4.78 is 4.94. The summed E-state index contributed by atoms with van der Waals surface area (Å²) in [6, 6.07) is 0.902. The number of alkyl halides is 1. The Labute approximate surface area is 99.1 Å². The van der Waals surface area contributed by atoms with E-state index >= 15 is 0 Å². The molecule has 4 nitrogen and oxygen atoms in total. The van der Waals surface area contributed by atoms with Gasteiger partial charge in [-0.25, -0.2) is 0 Å². The third-order valence-electron chi connectivity index (χ3n) is 1.73. The number of carboxylic acids is 1. The van der Waals surface area contributed by atoms with E-state index in [4.69, 9.17) is 9.84 Å². The Bertz CT molecular complexity index is 237. The number of carbonyl (C=O) groups excluding carboxylic acids is 1. The summed E-state index contributed by atoms with van der Waals surface area (Å²) in [5, 5.41) is 8.54. The minimum Gasteiger partial charge on any atom is -0.480 e. The maximum Gasteiger partial charge on any atom is 0.317 e. The van der Waals surface area contributed by atoms with Gasteiger partial charge in [-0.1, -0.05) is 35.6 Å². The van der Waals surface area contributed by atoms with Crippen molar-refractivity contribution in [1.82, 2.24) is 0 Å². The van der Waals surface area contributed by atoms with Crippen LogP contribution >= 0.6 is 15.9 Å². The zero-order valence-corrected chi connectivity index (χ0v) is 11.8. The summed E-state index contributed by atoms with van der Waals surface area (Å²) in [5.74, 6) is -1.50. The van der Waals surface area contributed by atoms with Crippen molar-refractivity contribution in [1.29, 1.82) is 0 Å². The van der Waals surface area contributed by atoms with Crippen molar-refractivity contribution in [3.8, 4) is 0 Å². The van der Waals surface area contributed by atoms with E-state index in [-0.39, 0.29) is 6.42 Å². The Kier molecular flexibility index (Phi) is 6.12. The second-order valence-corrected chi connectivity index (χ2v) is 11.3. The van der Waals surface area contributed by atoms with Gasteiger partial charge in [0.15, 0.2) is 0 Å². The number of carbonyl (C=O) groups is 2. The highest BCUT2D eigenvalue weighted by Gasteiger charge is 2.19. The van der Waals surface area contributed by atoms with Crippen LogP contribution in [-0.4, -0.2) is 36.6 Å². The number of hydrogen-bond donors (Lipinski definition) is 1. The standard InChI is InChI=1S/C9H17BrO4Si/c1-15(2,3)5-4-14-8(11)6-7(10)9(12)13/h7H,4-6H2,1-3H3,(H,12,13)/t7-/m0/s1. The van der Waals surface area contributed by atoms with Crippen molar-refractivity contribution < 1.29 is 19.4 Å². The van der Waals surface area contributed by atoms with E-state index in [0.717, 1.165) is 6.04 Å². The number of esters is 1. The van der Waals surface area contributed by atoms with Gasteiger partial charge in [-0.3, -0.25) is 9.59 Å². The van der Waals surface area contributed by atoms with Gasteiger partial charge in [0, 0.05) is 8.07 Å². The van der Waals surface area contributed by atoms with Crippen LogP contribution in [-0.2, 0) is 14.3 Å². The molecule has 0 saturated heterocycles. The first-order chi connectivity index (χ1) is 6.72. The molecule has 15 heavy (non-hydrogen) atoms. The number of aliphatic carboxylic acids is 1. The highest BCUT2D eigenvalue weighted by Crippen LogP contribution is 2.10. The second-order valence-electron chi connectivity index (χ2n) is 4.54. The Morgan fingerprint density at radius 2 is 1.93 bits per heavy atom. The molecule has 6 heteroatoms. The molecule has 1 atom stereocenters. The minimum absolute atomic E-state index is 0.124. The van der Waals surface area contributed by atoms with Crippen molar-refractivity contribution in [3.63, 3.8) is 0 Å². The molecule has 0 heterocycles. The molecule has 0 rings (SSSR count). The molecular weight excluding hydrogens is 280 g/mol. The summed E-state index contributed by atoms with van der Waals surface area (Å²) in [6.07, 6.45) is -0.124. The van der Waals surface area contributed by atoms with Crippen LogP contribution in [0.3, 0.4) is 0 Å². The summed E-state index contributed by atoms with van der Waals surface area (Å²) >= 11 is 2.88. The first-order valence-corrected chi connectivity index (χ1v) is 9.37. The largest absolute Gasteiger partial charge is 0.480 e. The molecule has 0 aromatic carbocycles. The summed E-state index contributed by atoms with van der Waals surface area (Å²) in [5.41, 5.74) is 0. The third kappa shape index (κ3) is 8.62. The molecule has 0 radical (unpaired) electrons. The zero-order chi connectivity index (χ0) is 12.1. The normalized spacial score (nSPS) is 13.3. The number of ether oxygens (including phenoxy) is 1. The van der Waals surface area contributed by atoms with Gasteiger partial charge >= 0.3 is 11.9 Å². The van der Waals surface area contributed by atoms with E-state index < -0.39 is 24.8 Å². The van der Waals surface area contributed by atoms with E-state index in [2.05, 4.69) is 35.6 Å². The Hall–Kier alpha value is -0.363. The fourth-order valence-electron chi connectivity index (χ4n) is 0.764. The lowest BCUT2D eigenvalue weighted by Crippen LogP contribution is -2.24. The van der Waals surface area contributed by atoms with Gasteiger partial charge < -0.3 is 9.84 Å². The van der Waals surface area contributed by atoms with Crippen molar-refractivity contribution in [2.75, 3.05) is 6.61 Å². The van der Waals surface area contributed by atoms with Gasteiger partial charge in [-0.05, 0) is 6.04 Å². The van der Waals surface area contributed by atoms with Crippen LogP contribution in [0.5, 0.6) is 0 Å². The van der Waals surface area contributed by atoms with Gasteiger partial charge in [0.25, 0.3) is 0 Å². The smallest absolute Gasteiger partial charge is 0.317 e. The number of hydrogen-bond acceptors (Lipinski definition) is 3. The number of carboxylic acid groups (broad SMARTS) is 1. The molecule has 0 aliphatic carbocycles. The van der Waals surface area contributed by atoms with Gasteiger partial charge in [0.05, 0.1) is 13.0 Å². The molecule has 0 bridgehead atoms. The molecule has 0 spiro atoms. The first-order valence-electron chi connectivity index (χ1n) is 4.75. The highest BCUT2D eigenvalue weighted by atomic mass is 79.9. The number of rotatable bonds is 6. The zero-order valence-electron chi connectivity index (χ0n) is 9.25. The molecule has 0 aromatic rings. The molecule has 1 N–H and O–H groups in total. The van der Waals surface area contributed by atoms with Crippen LogP contribution in [0, 0.1) is 0 Å². The molecule has 0 aliphatic heterocycles. The van der Waals surface area contributed by atoms with Crippen LogP contribution < -0.4 is 0 Å². The quantitative estimate of drug-likeness (QED) is 0.463. The fourth-order valence-corrected chi connectivity index (χ4v) is 1.74. The van der Waals surface area contributed by atoms with Crippen molar-refractivity contribution in [3.05, 3.63) is 0 Å². The lowest BCUT2D eigenvalue weighted by atomic mass is 10.3. The van der Waals surface area contributed by atoms with E-state index in [1.807, 2.05) is 0 Å². The summed E-state index contributed by atoms with van der Waals surface area (Å²) in [7, 11) is -1.19. The summed E-state index contributed by atoms with van der Waals surface area (Å²) in [4.78, 5) is 20.7. The van der Waals surface area contributed by atoms with Gasteiger partial charge in [0.2, 0.25) is 0 Å². The van der Waals surface area contributed by atoms with Crippen molar-refractivity contribution >= 4 is 35.9 Å². The van der Waals surface area contributed by atoms with Crippen LogP contribution in [0.15, 0.2) is 0 Å². The molecular formula is C9H17BrO4Si. The van der Waals surface area contributed by atoms with Crippen LogP contribution in [0.2, 0.25) is 25.7 Å². The molecule has 0 amide bonds. The third-order valence-corrected chi connectivity index (χ3v) is 4.15. The predicted molar refractivity (Wildman–Crippen MR) is 64.1 cm³/mol. The molecule has 0 aromatic heterocycles. The Balaban J connectivity index is 3.72. The van der Waals surface area contributed by atoms with Crippen LogP contribution in [0.25, 0.3) is 0 Å². The molecule has 0 saturated carbocycles. The Morgan fingerprint density at radius 1 is 1.40 bits per heavy atom. The highest BCUT2D eigenvalue weighted by molar-refractivity contribution is 9.10. The van der Waals surface area contributed by atoms with Crippen molar-refractivity contribution in [2.24, 2.45) is 0 Å². The van der Waals surface area contributed by atoms with Crippen LogP contribution in [0.1, 0.15) is 6.42 Å². The van der Waals surface area contributed by atoms with Gasteiger partial charge in [0.1, 0.15) is 4.83 Å². The average Bonchev–Trinajstić information content (AvgIpc) is 2.01. The average molecular weight is 297 g/mol. The SMILES string of the molecule is C[Si](C)(C)CCOC(=O)C[C@H](Br)C(=O)O. The van der Waals surface area contributed by atoms with Crippen LogP contribution in [0.4, 0.5) is 0 Å². The van der Waals surface area contributed by atoms with E-state index in [9.17, 15) is 9.59 Å². The predicted octanol–water partition coefficient (Wildman–Crippen LogP) is 2.11. The first kappa shape index (κ1) is 14.6. The van der Waals surface area contributed by atoms with E-state index in [1.165, 1.54) is 0 Å². The maximum atomic E-state index is 11.1. The number of halogens is 1. The monoisotopic (exact) mass is 296 g/mol. The molecule has 0 unspecified atom stereocenters.